The third-order valence-electron chi connectivity index (χ3n) is 4.61. The fourth-order valence-electron chi connectivity index (χ4n) is 3.22. The van der Waals surface area contributed by atoms with Crippen LogP contribution in [0.25, 0.3) is 0 Å². The van der Waals surface area contributed by atoms with Crippen LogP contribution in [0.5, 0.6) is 0 Å². The van der Waals surface area contributed by atoms with Gasteiger partial charge in [0.15, 0.2) is 0 Å². The molecule has 0 amide bonds. The van der Waals surface area contributed by atoms with Gasteiger partial charge in [-0.1, -0.05) is 30.3 Å². The van der Waals surface area contributed by atoms with Crippen LogP contribution in [-0.4, -0.2) is 36.8 Å². The van der Waals surface area contributed by atoms with Gasteiger partial charge in [-0.2, -0.15) is 13.2 Å². The van der Waals surface area contributed by atoms with Gasteiger partial charge in [0.2, 0.25) is 0 Å². The van der Waals surface area contributed by atoms with E-state index in [9.17, 15) is 13.2 Å². The standard InChI is InChI=1S/C18H21N5.C2HF3O2/c1-2-6-14(7-3-1)17(18-19-9-10-20-18)21-12-15-13-23-11-5-4-8-16(23)22-15;3-2(4,5)1(6)7/h1-3,6-7,9-10,13,17,21H,4-5,8,11-12H2,(H,19,20);(H,6,7). The van der Waals surface area contributed by atoms with Crippen molar-refractivity contribution in [3.63, 3.8) is 0 Å². The maximum atomic E-state index is 10.6. The molecule has 10 heteroatoms. The molecule has 0 saturated heterocycles. The summed E-state index contributed by atoms with van der Waals surface area (Å²) in [5, 5.41) is 10.7. The van der Waals surface area contributed by atoms with Crippen molar-refractivity contribution in [3.05, 3.63) is 71.8 Å². The first-order chi connectivity index (χ1) is 14.3. The molecule has 3 aromatic rings. The maximum Gasteiger partial charge on any atom is 0.490 e. The van der Waals surface area contributed by atoms with Crippen molar-refractivity contribution >= 4 is 5.97 Å². The van der Waals surface area contributed by atoms with E-state index >= 15 is 0 Å². The van der Waals surface area contributed by atoms with Crippen molar-refractivity contribution in [2.45, 2.75) is 44.6 Å². The van der Waals surface area contributed by atoms with Gasteiger partial charge in [0.25, 0.3) is 0 Å². The van der Waals surface area contributed by atoms with E-state index in [2.05, 4.69) is 50.3 Å². The van der Waals surface area contributed by atoms with Gasteiger partial charge in [-0.3, -0.25) is 5.32 Å². The van der Waals surface area contributed by atoms with E-state index in [0.29, 0.717) is 0 Å². The molecule has 1 aliphatic heterocycles. The molecule has 3 heterocycles. The molecular weight excluding hydrogens is 399 g/mol. The molecule has 3 N–H and O–H groups in total. The van der Waals surface area contributed by atoms with E-state index in [1.165, 1.54) is 24.2 Å². The van der Waals surface area contributed by atoms with E-state index in [4.69, 9.17) is 14.9 Å². The Morgan fingerprint density at radius 2 is 2.00 bits per heavy atom. The minimum Gasteiger partial charge on any atom is -0.475 e. The number of aryl methyl sites for hydroxylation is 2. The maximum absolute atomic E-state index is 10.6. The second kappa shape index (κ2) is 9.57. The van der Waals surface area contributed by atoms with Crippen LogP contribution in [0.4, 0.5) is 13.2 Å². The average Bonchev–Trinajstić information content (AvgIpc) is 3.38. The first-order valence-electron chi connectivity index (χ1n) is 9.47. The lowest BCUT2D eigenvalue weighted by atomic mass is 10.1. The summed E-state index contributed by atoms with van der Waals surface area (Å²) in [4.78, 5) is 21.3. The molecule has 1 aromatic carbocycles. The largest absolute Gasteiger partial charge is 0.490 e. The number of imidazole rings is 2. The summed E-state index contributed by atoms with van der Waals surface area (Å²) in [6.07, 6.45) is 4.37. The highest BCUT2D eigenvalue weighted by molar-refractivity contribution is 5.73. The van der Waals surface area contributed by atoms with E-state index in [0.717, 1.165) is 31.0 Å². The quantitative estimate of drug-likeness (QED) is 0.587. The summed E-state index contributed by atoms with van der Waals surface area (Å²) in [5.41, 5.74) is 2.31. The number of carboxylic acids is 1. The Morgan fingerprint density at radius 3 is 2.60 bits per heavy atom. The van der Waals surface area contributed by atoms with Crippen LogP contribution in [0.2, 0.25) is 0 Å². The topological polar surface area (TPSA) is 95.8 Å². The molecule has 0 saturated carbocycles. The first kappa shape index (κ1) is 21.6. The Balaban J connectivity index is 0.000000318. The van der Waals surface area contributed by atoms with E-state index < -0.39 is 12.1 Å². The Kier molecular flexibility index (Phi) is 6.88. The Morgan fingerprint density at radius 1 is 1.27 bits per heavy atom. The lowest BCUT2D eigenvalue weighted by Crippen LogP contribution is -2.23. The molecule has 0 fully saturated rings. The second-order valence-electron chi connectivity index (χ2n) is 6.80. The fraction of sp³-hybridized carbons (Fsp3) is 0.350. The van der Waals surface area contributed by atoms with Gasteiger partial charge in [-0.25, -0.2) is 14.8 Å². The highest BCUT2D eigenvalue weighted by Crippen LogP contribution is 2.20. The summed E-state index contributed by atoms with van der Waals surface area (Å²) in [7, 11) is 0. The first-order valence-corrected chi connectivity index (χ1v) is 9.47. The predicted molar refractivity (Wildman–Crippen MR) is 103 cm³/mol. The molecule has 7 nitrogen and oxygen atoms in total. The summed E-state index contributed by atoms with van der Waals surface area (Å²) < 4.78 is 34.0. The van der Waals surface area contributed by atoms with Crippen LogP contribution < -0.4 is 5.32 Å². The van der Waals surface area contributed by atoms with Gasteiger partial charge in [-0.05, 0) is 18.4 Å². The highest BCUT2D eigenvalue weighted by atomic mass is 19.4. The van der Waals surface area contributed by atoms with Crippen LogP contribution in [-0.2, 0) is 24.3 Å². The normalized spacial score (nSPS) is 14.4. The summed E-state index contributed by atoms with van der Waals surface area (Å²) in [6.45, 7) is 1.84. The van der Waals surface area contributed by atoms with E-state index in [1.807, 2.05) is 12.3 Å². The Bertz CT molecular complexity index is 916. The molecular formula is C20H22F3N5O2. The number of carbonyl (C=O) groups is 1. The molecule has 160 valence electrons. The fourth-order valence-corrected chi connectivity index (χ4v) is 3.22. The minimum atomic E-state index is -5.08. The van der Waals surface area contributed by atoms with Gasteiger partial charge in [0.05, 0.1) is 11.7 Å². The van der Waals surface area contributed by atoms with Crippen LogP contribution in [0, 0.1) is 0 Å². The zero-order valence-corrected chi connectivity index (χ0v) is 16.1. The zero-order chi connectivity index (χ0) is 21.6. The average molecular weight is 421 g/mol. The van der Waals surface area contributed by atoms with Crippen molar-refractivity contribution < 1.29 is 23.1 Å². The van der Waals surface area contributed by atoms with Crippen molar-refractivity contribution in [2.75, 3.05) is 0 Å². The lowest BCUT2D eigenvalue weighted by molar-refractivity contribution is -0.192. The summed E-state index contributed by atoms with van der Waals surface area (Å²) >= 11 is 0. The molecule has 0 spiro atoms. The van der Waals surface area contributed by atoms with Gasteiger partial charge >= 0.3 is 12.1 Å². The number of aromatic nitrogens is 4. The molecule has 0 bridgehead atoms. The predicted octanol–water partition coefficient (Wildman–Crippen LogP) is 3.46. The molecule has 0 aliphatic carbocycles. The molecule has 30 heavy (non-hydrogen) atoms. The van der Waals surface area contributed by atoms with Crippen molar-refractivity contribution in [2.24, 2.45) is 0 Å². The number of halogens is 3. The molecule has 1 unspecified atom stereocenters. The monoisotopic (exact) mass is 421 g/mol. The number of aromatic amines is 1. The number of benzene rings is 1. The number of aliphatic carboxylic acids is 1. The summed E-state index contributed by atoms with van der Waals surface area (Å²) in [5.74, 6) is -0.602. The number of fused-ring (bicyclic) bond motifs is 1. The minimum absolute atomic E-state index is 0.0462. The molecule has 2 aromatic heterocycles. The van der Waals surface area contributed by atoms with E-state index in [-0.39, 0.29) is 6.04 Å². The molecule has 0 radical (unpaired) electrons. The molecule has 1 atom stereocenters. The number of rotatable bonds is 5. The van der Waals surface area contributed by atoms with Gasteiger partial charge in [0, 0.05) is 38.1 Å². The van der Waals surface area contributed by atoms with Crippen molar-refractivity contribution in [1.82, 2.24) is 24.8 Å². The zero-order valence-electron chi connectivity index (χ0n) is 16.1. The third kappa shape index (κ3) is 5.69. The van der Waals surface area contributed by atoms with Gasteiger partial charge < -0.3 is 14.7 Å². The smallest absolute Gasteiger partial charge is 0.475 e. The molecule has 4 rings (SSSR count). The second-order valence-corrected chi connectivity index (χ2v) is 6.80. The number of H-pyrrole nitrogens is 1. The van der Waals surface area contributed by atoms with Crippen LogP contribution in [0.1, 0.15) is 41.8 Å². The number of nitrogens with zero attached hydrogens (tertiary/aromatic N) is 3. The SMILES string of the molecule is O=C(O)C(F)(F)F.c1ccc(C(NCc2cn3c(n2)CCCC3)c2ncc[nH]2)cc1. The number of nitrogens with one attached hydrogen (secondary N) is 2. The molecule has 1 aliphatic rings. The number of hydrogen-bond acceptors (Lipinski definition) is 4. The third-order valence-corrected chi connectivity index (χ3v) is 4.61. The number of hydrogen-bond donors (Lipinski definition) is 3. The van der Waals surface area contributed by atoms with Crippen molar-refractivity contribution in [1.29, 1.82) is 0 Å². The van der Waals surface area contributed by atoms with Crippen LogP contribution in [0.3, 0.4) is 0 Å². The van der Waals surface area contributed by atoms with Gasteiger partial charge in [0.1, 0.15) is 11.6 Å². The summed E-state index contributed by atoms with van der Waals surface area (Å²) in [6, 6.07) is 10.4. The van der Waals surface area contributed by atoms with E-state index in [1.54, 1.807) is 6.20 Å². The van der Waals surface area contributed by atoms with Crippen LogP contribution >= 0.6 is 0 Å². The Hall–Kier alpha value is -3.14. The Labute approximate surface area is 171 Å². The number of carboxylic acid groups (broad SMARTS) is 1. The number of alkyl halides is 3. The van der Waals surface area contributed by atoms with Crippen LogP contribution in [0.15, 0.2) is 48.9 Å². The van der Waals surface area contributed by atoms with Gasteiger partial charge in [-0.15, -0.1) is 0 Å². The highest BCUT2D eigenvalue weighted by Gasteiger charge is 2.38. The van der Waals surface area contributed by atoms with Crippen molar-refractivity contribution in [3.8, 4) is 0 Å². The lowest BCUT2D eigenvalue weighted by Gasteiger charge is -2.16.